The van der Waals surface area contributed by atoms with Crippen LogP contribution in [-0.2, 0) is 51.2 Å². The second-order valence-electron chi connectivity index (χ2n) is 20.4. The number of aliphatic hydroxyl groups excluding tert-OH is 2. The lowest BCUT2D eigenvalue weighted by atomic mass is 9.93. The highest BCUT2D eigenvalue weighted by Crippen LogP contribution is 2.27. The number of benzene rings is 3. The Hall–Kier alpha value is -7.85. The van der Waals surface area contributed by atoms with Gasteiger partial charge in [-0.2, -0.15) is 25.3 Å². The lowest BCUT2D eigenvalue weighted by Gasteiger charge is -2.33. The van der Waals surface area contributed by atoms with Gasteiger partial charge in [0.2, 0.25) is 47.3 Å². The minimum Gasteiger partial charge on any atom is -0.508 e. The number of rotatable bonds is 29. The Morgan fingerprint density at radius 3 is 1.69 bits per heavy atom. The molecule has 3 aromatic carbocycles. The number of carbonyl (C=O) groups excluding carboxylic acids is 8. The fourth-order valence-corrected chi connectivity index (χ4v) is 9.31. The molecule has 0 saturated carbocycles. The van der Waals surface area contributed by atoms with Crippen molar-refractivity contribution in [3.63, 3.8) is 0 Å². The number of aromatic hydroxyl groups is 1. The number of guanidine groups is 1. The van der Waals surface area contributed by atoms with Crippen LogP contribution in [0, 0.1) is 0 Å². The third kappa shape index (κ3) is 17.8. The van der Waals surface area contributed by atoms with Gasteiger partial charge in [0.25, 0.3) is 0 Å². The average molecular weight is 1160 g/mol. The number of nitrogens with one attached hydrogen (secondary N) is 9. The first-order valence-corrected chi connectivity index (χ1v) is 27.1. The van der Waals surface area contributed by atoms with E-state index in [-0.39, 0.29) is 49.7 Å². The van der Waals surface area contributed by atoms with Gasteiger partial charge in [0.1, 0.15) is 48.0 Å². The molecule has 8 amide bonds. The monoisotopic (exact) mass is 1160 g/mol. The summed E-state index contributed by atoms with van der Waals surface area (Å²) in [6.45, 7) is 7.07. The summed E-state index contributed by atoms with van der Waals surface area (Å²) in [6.07, 6.45) is -0.156. The summed E-state index contributed by atoms with van der Waals surface area (Å²) < 4.78 is -1.36. The number of primary amides is 1. The lowest BCUT2D eigenvalue weighted by molar-refractivity contribution is -0.137. The SMILES string of the molecule is C[C@@H](O)[C@H](NC(=O)[C@@H](NC(=O)[C@@H](NC(=O)[C@H](CCCN=C(N)N)NC(=O)[C@@H](Cc1c[nH]c2ccccc12)NC(=O)[C@H](Cc1ccc(O)cc1)NC(=O)[C@H](CS)NC(=O)[C@H](N)[C@@H](C)c1c[nH]c2ccccc12)[C@@H](C)O)C(C)(C)S)C(N)=O. The number of H-pyrrole nitrogens is 2. The van der Waals surface area contributed by atoms with Crippen molar-refractivity contribution in [1.29, 1.82) is 0 Å². The van der Waals surface area contributed by atoms with Gasteiger partial charge in [0.05, 0.1) is 18.2 Å². The Kier molecular flexibility index (Phi) is 22.9. The smallest absolute Gasteiger partial charge is 0.245 e. The number of fused-ring (bicyclic) bond motifs is 2. The second kappa shape index (κ2) is 29.0. The number of amides is 8. The summed E-state index contributed by atoms with van der Waals surface area (Å²) >= 11 is 8.81. The van der Waals surface area contributed by atoms with Crippen LogP contribution in [0.1, 0.15) is 70.1 Å². The molecule has 0 aliphatic rings. The summed E-state index contributed by atoms with van der Waals surface area (Å²) in [5.74, 6) is -8.51. The van der Waals surface area contributed by atoms with E-state index in [1.54, 1.807) is 43.6 Å². The van der Waals surface area contributed by atoms with Gasteiger partial charge >= 0.3 is 0 Å². The molecule has 5 aromatic rings. The summed E-state index contributed by atoms with van der Waals surface area (Å²) in [5, 5.41) is 50.6. The number of thiol groups is 2. The summed E-state index contributed by atoms with van der Waals surface area (Å²) in [7, 11) is 0. The first-order chi connectivity index (χ1) is 38.2. The van der Waals surface area contributed by atoms with Crippen molar-refractivity contribution in [2.45, 2.75) is 132 Å². The maximum absolute atomic E-state index is 14.9. The number of nitrogens with two attached hydrogens (primary N) is 4. The van der Waals surface area contributed by atoms with Gasteiger partial charge in [-0.25, -0.2) is 0 Å². The Morgan fingerprint density at radius 1 is 0.617 bits per heavy atom. The number of nitrogens with zero attached hydrogens (tertiary/aromatic N) is 1. The van der Waals surface area contributed by atoms with Crippen molar-refractivity contribution < 1.29 is 53.7 Å². The average Bonchev–Trinajstić information content (AvgIpc) is 4.07. The molecule has 0 bridgehead atoms. The molecule has 11 atom stereocenters. The fourth-order valence-electron chi connectivity index (χ4n) is 8.87. The molecule has 27 heteroatoms. The van der Waals surface area contributed by atoms with Crippen molar-refractivity contribution in [2.24, 2.45) is 27.9 Å². The van der Waals surface area contributed by atoms with Crippen LogP contribution in [-0.4, -0.2) is 156 Å². The first kappa shape index (κ1) is 64.0. The molecule has 0 aliphatic carbocycles. The fraction of sp³-hybridized carbons (Fsp3) is 0.426. The zero-order chi connectivity index (χ0) is 59.9. The number of phenolic OH excluding ortho intramolecular Hbond substituents is 1. The molecule has 0 spiro atoms. The van der Waals surface area contributed by atoms with Crippen LogP contribution in [0.4, 0.5) is 0 Å². The third-order valence-electron chi connectivity index (χ3n) is 13.5. The zero-order valence-corrected chi connectivity index (χ0v) is 47.2. The Labute approximate surface area is 478 Å². The van der Waals surface area contributed by atoms with Gasteiger partial charge in [-0.15, -0.1) is 0 Å². The number of aliphatic imine (C=N–C) groups is 1. The number of hydrogen-bond acceptors (Lipinski definition) is 15. The number of aromatic amines is 2. The number of carbonyl (C=O) groups is 8. The van der Waals surface area contributed by atoms with Crippen molar-refractivity contribution in [3.8, 4) is 5.75 Å². The van der Waals surface area contributed by atoms with E-state index in [0.717, 1.165) is 16.5 Å². The van der Waals surface area contributed by atoms with Gasteiger partial charge in [-0.05, 0) is 81.5 Å². The first-order valence-electron chi connectivity index (χ1n) is 26.0. The molecule has 0 fully saturated rings. The normalized spacial score (nSPS) is 15.6. The number of para-hydroxylation sites is 2. The zero-order valence-electron chi connectivity index (χ0n) is 45.4. The third-order valence-corrected chi connectivity index (χ3v) is 14.1. The Balaban J connectivity index is 1.44. The quantitative estimate of drug-likeness (QED) is 0.0113. The van der Waals surface area contributed by atoms with Gasteiger partial charge in [0.15, 0.2) is 5.96 Å². The molecule has 438 valence electrons. The Bertz CT molecular complexity index is 3050. The van der Waals surface area contributed by atoms with E-state index in [1.165, 1.54) is 52.0 Å². The van der Waals surface area contributed by atoms with Crippen molar-refractivity contribution in [2.75, 3.05) is 12.3 Å². The van der Waals surface area contributed by atoms with E-state index in [2.05, 4.69) is 77.4 Å². The standard InChI is InChI=1S/C54H74N14O11S2/c1-26(34-24-61-36-14-9-7-12-33(34)36)41(55)50(77)65-40(25-80)49(76)63-38(21-29-16-18-31(71)19-17-29)47(74)64-39(22-30-23-60-35-13-8-6-11-32(30)35)48(75)62-37(15-10-20-59-53(57)58)46(73)67-43(28(3)70)51(78)68-44(54(4,5)81)52(79)66-42(27(2)69)45(56)72/h6-9,11-14,16-19,23-24,26-28,37-44,60-61,69-71,80-81H,10,15,20-22,25,55H2,1-5H3,(H2,56,72)(H,62,75)(H,63,76)(H,64,74)(H,65,77)(H,66,79)(H,67,73)(H,68,78)(H4,57,58,59)/t26-,27+,28+,37-,38-,39+,40-,41+,42-,43-,44+/m0/s1. The largest absolute Gasteiger partial charge is 0.508 e. The van der Waals surface area contributed by atoms with Crippen molar-refractivity contribution in [1.82, 2.24) is 47.2 Å². The molecule has 2 heterocycles. The highest BCUT2D eigenvalue weighted by molar-refractivity contribution is 7.81. The van der Waals surface area contributed by atoms with Crippen LogP contribution in [0.3, 0.4) is 0 Å². The molecule has 20 N–H and O–H groups in total. The molecule has 0 radical (unpaired) electrons. The molecule has 81 heavy (non-hydrogen) atoms. The van der Waals surface area contributed by atoms with Crippen LogP contribution in [0.15, 0.2) is 90.2 Å². The molecule has 25 nitrogen and oxygen atoms in total. The molecule has 0 unspecified atom stereocenters. The van der Waals surface area contributed by atoms with Crippen LogP contribution < -0.4 is 60.2 Å². The summed E-state index contributed by atoms with van der Waals surface area (Å²) in [5.41, 5.74) is 26.3. The van der Waals surface area contributed by atoms with E-state index in [0.29, 0.717) is 22.0 Å². The van der Waals surface area contributed by atoms with E-state index in [9.17, 15) is 53.7 Å². The maximum Gasteiger partial charge on any atom is 0.245 e. The second-order valence-corrected chi connectivity index (χ2v) is 21.9. The molecule has 0 saturated heterocycles. The number of aromatic nitrogens is 2. The number of aliphatic hydroxyl groups is 2. The highest BCUT2D eigenvalue weighted by Gasteiger charge is 2.40. The topological polar surface area (TPSA) is 429 Å². The predicted octanol–water partition coefficient (Wildman–Crippen LogP) is -1.40. The minimum absolute atomic E-state index is 0.0220. The van der Waals surface area contributed by atoms with Gasteiger partial charge < -0.3 is 85.4 Å². The van der Waals surface area contributed by atoms with Crippen molar-refractivity contribution in [3.05, 3.63) is 102 Å². The predicted molar refractivity (Wildman–Crippen MR) is 311 cm³/mol. The van der Waals surface area contributed by atoms with E-state index in [1.807, 2.05) is 24.3 Å². The van der Waals surface area contributed by atoms with Gasteiger partial charge in [-0.1, -0.05) is 55.5 Å². The van der Waals surface area contributed by atoms with E-state index >= 15 is 0 Å². The molecular formula is C54H74N14O11S2. The molecule has 2 aromatic heterocycles. The molecular weight excluding hydrogens is 1080 g/mol. The number of phenols is 1. The maximum atomic E-state index is 14.9. The lowest BCUT2D eigenvalue weighted by Crippen LogP contribution is -2.64. The van der Waals surface area contributed by atoms with Crippen LogP contribution >= 0.6 is 25.3 Å². The minimum atomic E-state index is -1.79. The van der Waals surface area contributed by atoms with Gasteiger partial charge in [-0.3, -0.25) is 43.3 Å². The van der Waals surface area contributed by atoms with Gasteiger partial charge in [0, 0.05) is 70.0 Å². The molecule has 5 rings (SSSR count). The van der Waals surface area contributed by atoms with Crippen LogP contribution in [0.2, 0.25) is 0 Å². The van der Waals surface area contributed by atoms with Crippen LogP contribution in [0.25, 0.3) is 21.8 Å². The van der Waals surface area contributed by atoms with Crippen LogP contribution in [0.5, 0.6) is 5.75 Å². The Morgan fingerprint density at radius 2 is 1.12 bits per heavy atom. The summed E-state index contributed by atoms with van der Waals surface area (Å²) in [6, 6.07) is 8.65. The van der Waals surface area contributed by atoms with E-state index < -0.39 is 118 Å². The summed E-state index contributed by atoms with van der Waals surface area (Å²) in [4.78, 5) is 122. The van der Waals surface area contributed by atoms with Crippen molar-refractivity contribution >= 4 is 100 Å². The number of hydrogen-bond donors (Lipinski definition) is 18. The molecule has 0 aliphatic heterocycles. The van der Waals surface area contributed by atoms with E-state index in [4.69, 9.17) is 22.9 Å². The highest BCUT2D eigenvalue weighted by atomic mass is 32.1.